The maximum Gasteiger partial charge on any atom is 0.253 e. The Balaban J connectivity index is 1.37. The van der Waals surface area contributed by atoms with Crippen molar-refractivity contribution in [3.8, 4) is 17.0 Å². The molecule has 1 saturated heterocycles. The highest BCUT2D eigenvalue weighted by Crippen LogP contribution is 2.29. The molecule has 0 spiro atoms. The van der Waals surface area contributed by atoms with Gasteiger partial charge in [-0.2, -0.15) is 0 Å². The second-order valence-electron chi connectivity index (χ2n) is 9.82. The fourth-order valence-electron chi connectivity index (χ4n) is 4.72. The Hall–Kier alpha value is -3.83. The van der Waals surface area contributed by atoms with Crippen LogP contribution in [0.4, 0.5) is 26.1 Å². The molecule has 40 heavy (non-hydrogen) atoms. The second-order valence-corrected chi connectivity index (χ2v) is 9.82. The normalized spacial score (nSPS) is 16.4. The third kappa shape index (κ3) is 7.22. The lowest BCUT2D eigenvalue weighted by Gasteiger charge is -2.26. The summed E-state index contributed by atoms with van der Waals surface area (Å²) in [5, 5.41) is 9.53. The zero-order valence-corrected chi connectivity index (χ0v) is 22.3. The van der Waals surface area contributed by atoms with Crippen molar-refractivity contribution < 1.29 is 23.0 Å². The summed E-state index contributed by atoms with van der Waals surface area (Å²) >= 11 is 0. The number of halogens is 2. The largest absolute Gasteiger partial charge is 0.490 e. The number of rotatable bonds is 4. The van der Waals surface area contributed by atoms with Crippen molar-refractivity contribution in [2.45, 2.75) is 25.7 Å². The van der Waals surface area contributed by atoms with Gasteiger partial charge in [0.1, 0.15) is 5.69 Å². The molecule has 0 unspecified atom stereocenters. The van der Waals surface area contributed by atoms with Crippen LogP contribution >= 0.6 is 0 Å². The van der Waals surface area contributed by atoms with Gasteiger partial charge in [-0.3, -0.25) is 9.69 Å². The van der Waals surface area contributed by atoms with Crippen LogP contribution in [0.5, 0.6) is 5.75 Å². The number of nitrogens with zero attached hydrogens (tertiary/aromatic N) is 3. The molecule has 0 atom stereocenters. The average Bonchev–Trinajstić information content (AvgIpc) is 2.96. The van der Waals surface area contributed by atoms with Crippen molar-refractivity contribution in [3.05, 3.63) is 59.8 Å². The fraction of sp³-hybridized carbons (Fsp3) is 0.414. The quantitative estimate of drug-likeness (QED) is 0.432. The molecule has 3 aromatic rings. The molecule has 1 amide bonds. The van der Waals surface area contributed by atoms with E-state index in [0.717, 1.165) is 51.5 Å². The number of anilines is 3. The number of hydrogen-bond donors (Lipinski definition) is 3. The molecular weight excluding hydrogens is 518 g/mol. The maximum atomic E-state index is 14.7. The number of fused-ring (bicyclic) bond motifs is 7. The molecule has 9 nitrogen and oxygen atoms in total. The van der Waals surface area contributed by atoms with Gasteiger partial charge in [-0.15, -0.1) is 0 Å². The Kier molecular flexibility index (Phi) is 9.35. The highest BCUT2D eigenvalue weighted by Gasteiger charge is 2.17. The molecule has 6 bridgehead atoms. The van der Waals surface area contributed by atoms with Crippen molar-refractivity contribution in [3.63, 3.8) is 0 Å². The molecule has 212 valence electrons. The van der Waals surface area contributed by atoms with Crippen LogP contribution in [0.1, 0.15) is 36.0 Å². The fourth-order valence-corrected chi connectivity index (χ4v) is 4.72. The van der Waals surface area contributed by atoms with Crippen LogP contribution in [-0.2, 0) is 4.74 Å². The first-order valence-corrected chi connectivity index (χ1v) is 13.8. The first-order valence-electron chi connectivity index (χ1n) is 13.8. The number of aromatic nitrogens is 2. The highest BCUT2D eigenvalue weighted by atomic mass is 19.1. The van der Waals surface area contributed by atoms with Crippen molar-refractivity contribution >= 4 is 23.2 Å². The predicted molar refractivity (Wildman–Crippen MR) is 149 cm³/mol. The SMILES string of the molecule is O=C(NCCN1CCOCC1)c1ccc2cc1NCCCCCCOc1cc(ccc1F)-c1nc(ncc1F)N2. The van der Waals surface area contributed by atoms with Crippen molar-refractivity contribution in [2.75, 3.05) is 63.2 Å². The molecule has 5 rings (SSSR count). The molecule has 0 saturated carbocycles. The van der Waals surface area contributed by atoms with Crippen LogP contribution in [0.25, 0.3) is 11.3 Å². The van der Waals surface area contributed by atoms with Gasteiger partial charge in [0.05, 0.1) is 31.6 Å². The number of carbonyl (C=O) groups is 1. The van der Waals surface area contributed by atoms with E-state index in [0.29, 0.717) is 55.4 Å². The molecule has 0 aliphatic carbocycles. The third-order valence-corrected chi connectivity index (χ3v) is 6.93. The van der Waals surface area contributed by atoms with Gasteiger partial charge in [0.2, 0.25) is 5.95 Å². The molecule has 2 aliphatic heterocycles. The molecule has 1 aromatic heterocycles. The lowest BCUT2D eigenvalue weighted by molar-refractivity contribution is 0.0383. The van der Waals surface area contributed by atoms with E-state index in [1.54, 1.807) is 12.1 Å². The van der Waals surface area contributed by atoms with Gasteiger partial charge in [0.15, 0.2) is 17.4 Å². The van der Waals surface area contributed by atoms with E-state index < -0.39 is 11.6 Å². The summed E-state index contributed by atoms with van der Waals surface area (Å²) in [6, 6.07) is 9.51. The smallest absolute Gasteiger partial charge is 0.253 e. The minimum atomic E-state index is -0.635. The summed E-state index contributed by atoms with van der Waals surface area (Å²) in [6.45, 7) is 5.49. The second kappa shape index (κ2) is 13.5. The van der Waals surface area contributed by atoms with E-state index in [4.69, 9.17) is 9.47 Å². The molecule has 11 heteroatoms. The summed E-state index contributed by atoms with van der Waals surface area (Å²) in [5.41, 5.74) is 2.26. The van der Waals surface area contributed by atoms with Gasteiger partial charge in [-0.05, 0) is 49.2 Å². The Bertz CT molecular complexity index is 1320. The maximum absolute atomic E-state index is 14.7. The lowest BCUT2D eigenvalue weighted by atomic mass is 10.1. The Morgan fingerprint density at radius 3 is 2.73 bits per heavy atom. The standard InChI is InChI=1S/C29H34F2N6O3/c30-23-8-5-20-17-26(23)40-14-4-2-1-3-9-32-25-18-21(35-29-34-19-24(31)27(20)36-29)6-7-22(25)28(38)33-10-11-37-12-15-39-16-13-37/h5-8,17-19,32H,1-4,9-16H2,(H,33,38)(H,34,35,36). The van der Waals surface area contributed by atoms with E-state index in [2.05, 4.69) is 30.8 Å². The highest BCUT2D eigenvalue weighted by molar-refractivity contribution is 6.00. The zero-order chi connectivity index (χ0) is 27.7. The molecule has 1 fully saturated rings. The van der Waals surface area contributed by atoms with E-state index >= 15 is 0 Å². The summed E-state index contributed by atoms with van der Waals surface area (Å²) < 4.78 is 40.1. The molecule has 2 aliphatic rings. The number of benzene rings is 2. The van der Waals surface area contributed by atoms with Crippen LogP contribution in [0.3, 0.4) is 0 Å². The minimum absolute atomic E-state index is 0.0260. The molecule has 3 heterocycles. The van der Waals surface area contributed by atoms with Gasteiger partial charge in [-0.1, -0.05) is 12.8 Å². The van der Waals surface area contributed by atoms with E-state index in [1.807, 2.05) is 6.07 Å². The van der Waals surface area contributed by atoms with Crippen LogP contribution in [0.2, 0.25) is 0 Å². The van der Waals surface area contributed by atoms with Gasteiger partial charge in [0.25, 0.3) is 5.91 Å². The van der Waals surface area contributed by atoms with Crippen molar-refractivity contribution in [2.24, 2.45) is 0 Å². The summed E-state index contributed by atoms with van der Waals surface area (Å²) in [4.78, 5) is 23.8. The molecule has 0 radical (unpaired) electrons. The van der Waals surface area contributed by atoms with E-state index in [-0.39, 0.29) is 23.3 Å². The number of ether oxygens (including phenoxy) is 2. The Labute approximate surface area is 232 Å². The van der Waals surface area contributed by atoms with Gasteiger partial charge < -0.3 is 25.4 Å². The molecular formula is C29H34F2N6O3. The number of amides is 1. The first kappa shape index (κ1) is 27.7. The first-order chi connectivity index (χ1) is 19.6. The number of morpholine rings is 1. The lowest BCUT2D eigenvalue weighted by Crippen LogP contribution is -2.41. The molecule has 3 N–H and O–H groups in total. The summed E-state index contributed by atoms with van der Waals surface area (Å²) in [6.07, 6.45) is 4.57. The van der Waals surface area contributed by atoms with E-state index in [9.17, 15) is 13.6 Å². The van der Waals surface area contributed by atoms with Crippen molar-refractivity contribution in [1.82, 2.24) is 20.2 Å². The Morgan fingerprint density at radius 1 is 1.00 bits per heavy atom. The number of hydrogen-bond acceptors (Lipinski definition) is 8. The number of carbonyl (C=O) groups excluding carboxylic acids is 1. The van der Waals surface area contributed by atoms with Crippen LogP contribution < -0.4 is 20.7 Å². The minimum Gasteiger partial charge on any atom is -0.490 e. The third-order valence-electron chi connectivity index (χ3n) is 6.93. The van der Waals surface area contributed by atoms with Crippen LogP contribution in [0, 0.1) is 11.6 Å². The van der Waals surface area contributed by atoms with Gasteiger partial charge in [-0.25, -0.2) is 18.7 Å². The zero-order valence-electron chi connectivity index (χ0n) is 22.3. The Morgan fingerprint density at radius 2 is 1.85 bits per heavy atom. The topological polar surface area (TPSA) is 101 Å². The average molecular weight is 553 g/mol. The van der Waals surface area contributed by atoms with Crippen LogP contribution in [-0.4, -0.2) is 73.3 Å². The summed E-state index contributed by atoms with van der Waals surface area (Å²) in [7, 11) is 0. The van der Waals surface area contributed by atoms with Crippen molar-refractivity contribution in [1.29, 1.82) is 0 Å². The predicted octanol–water partition coefficient (Wildman–Crippen LogP) is 4.59. The van der Waals surface area contributed by atoms with Crippen LogP contribution in [0.15, 0.2) is 42.6 Å². The monoisotopic (exact) mass is 552 g/mol. The van der Waals surface area contributed by atoms with Gasteiger partial charge in [0, 0.05) is 49.7 Å². The number of nitrogens with one attached hydrogen (secondary N) is 3. The summed E-state index contributed by atoms with van der Waals surface area (Å²) in [5.74, 6) is -1.07. The van der Waals surface area contributed by atoms with Gasteiger partial charge >= 0.3 is 0 Å². The molecule has 2 aromatic carbocycles. The van der Waals surface area contributed by atoms with E-state index in [1.165, 1.54) is 18.2 Å².